The fourth-order valence-corrected chi connectivity index (χ4v) is 2.99. The van der Waals surface area contributed by atoms with E-state index in [4.69, 9.17) is 9.47 Å². The van der Waals surface area contributed by atoms with Crippen molar-refractivity contribution in [3.05, 3.63) is 47.9 Å². The van der Waals surface area contributed by atoms with Gasteiger partial charge in [0.15, 0.2) is 11.7 Å². The van der Waals surface area contributed by atoms with Crippen LogP contribution in [0.15, 0.2) is 47.9 Å². The summed E-state index contributed by atoms with van der Waals surface area (Å²) in [7, 11) is 0. The van der Waals surface area contributed by atoms with Gasteiger partial charge in [-0.15, -0.1) is 0 Å². The molecule has 2 rings (SSSR count). The van der Waals surface area contributed by atoms with Gasteiger partial charge in [0.2, 0.25) is 0 Å². The molecule has 0 radical (unpaired) electrons. The summed E-state index contributed by atoms with van der Waals surface area (Å²) in [6.45, 7) is 6.17. The third kappa shape index (κ3) is 6.54. The first-order valence-corrected chi connectivity index (χ1v) is 9.50. The molecule has 2 aliphatic rings. The average molecular weight is 345 g/mol. The highest BCUT2D eigenvalue weighted by Gasteiger charge is 2.32. The maximum atomic E-state index is 12.6. The molecule has 0 saturated carbocycles. The van der Waals surface area contributed by atoms with Crippen LogP contribution in [0.4, 0.5) is 0 Å². The van der Waals surface area contributed by atoms with Crippen molar-refractivity contribution in [3.8, 4) is 0 Å². The van der Waals surface area contributed by atoms with Crippen LogP contribution in [0.5, 0.6) is 0 Å². The second-order valence-electron chi connectivity index (χ2n) is 6.43. The lowest BCUT2D eigenvalue weighted by Crippen LogP contribution is -2.37. The second-order valence-corrected chi connectivity index (χ2v) is 6.43. The molecule has 138 valence electrons. The molecule has 0 bridgehead atoms. The van der Waals surface area contributed by atoms with E-state index >= 15 is 0 Å². The second kappa shape index (κ2) is 10.9. The zero-order valence-electron chi connectivity index (χ0n) is 15.5. The quantitative estimate of drug-likeness (QED) is 0.479. The van der Waals surface area contributed by atoms with E-state index in [2.05, 4.69) is 43.5 Å². The van der Waals surface area contributed by atoms with E-state index in [1.807, 2.05) is 6.08 Å². The van der Waals surface area contributed by atoms with Crippen molar-refractivity contribution in [1.29, 1.82) is 0 Å². The Hall–Kier alpha value is -1.81. The van der Waals surface area contributed by atoms with Gasteiger partial charge in [0, 0.05) is 25.6 Å². The maximum Gasteiger partial charge on any atom is 0.190 e. The van der Waals surface area contributed by atoms with Gasteiger partial charge in [0.1, 0.15) is 6.10 Å². The van der Waals surface area contributed by atoms with Gasteiger partial charge in [-0.3, -0.25) is 4.79 Å². The van der Waals surface area contributed by atoms with E-state index in [0.29, 0.717) is 19.0 Å². The minimum absolute atomic E-state index is 0.110. The van der Waals surface area contributed by atoms with Crippen LogP contribution < -0.4 is 5.32 Å². The van der Waals surface area contributed by atoms with Crippen molar-refractivity contribution in [3.63, 3.8) is 0 Å². The molecule has 4 heteroatoms. The van der Waals surface area contributed by atoms with Crippen LogP contribution in [-0.2, 0) is 14.3 Å². The molecule has 1 aliphatic heterocycles. The standard InChI is InChI=1S/C21H31NO3/c1-3-5-11-18-19(23)16-21(22-12-14-24-13-4-2)25-20(18)15-17-9-7-6-8-10-17/h5,7,9-11,16,18,20,22H,3-4,6,8,12-15H2,1-2H3/b11-5-. The fraction of sp³-hybridized carbons (Fsp3) is 0.571. The Balaban J connectivity index is 1.99. The lowest BCUT2D eigenvalue weighted by Gasteiger charge is -2.30. The highest BCUT2D eigenvalue weighted by Crippen LogP contribution is 2.28. The van der Waals surface area contributed by atoms with Crippen LogP contribution in [0.2, 0.25) is 0 Å². The van der Waals surface area contributed by atoms with Gasteiger partial charge in [-0.25, -0.2) is 0 Å². The third-order valence-electron chi connectivity index (χ3n) is 4.26. The van der Waals surface area contributed by atoms with Crippen LogP contribution in [-0.4, -0.2) is 31.6 Å². The molecule has 2 atom stereocenters. The predicted molar refractivity (Wildman–Crippen MR) is 101 cm³/mol. The number of rotatable bonds is 10. The minimum Gasteiger partial charge on any atom is -0.474 e. The molecule has 4 nitrogen and oxygen atoms in total. The first kappa shape index (κ1) is 19.5. The summed E-state index contributed by atoms with van der Waals surface area (Å²) in [5, 5.41) is 3.19. The zero-order chi connectivity index (χ0) is 17.9. The number of carbonyl (C=O) groups is 1. The largest absolute Gasteiger partial charge is 0.474 e. The molecule has 1 heterocycles. The number of allylic oxidation sites excluding steroid dienone is 5. The topological polar surface area (TPSA) is 47.6 Å². The normalized spacial score (nSPS) is 23.4. The van der Waals surface area contributed by atoms with Gasteiger partial charge < -0.3 is 14.8 Å². The molecule has 0 fully saturated rings. The van der Waals surface area contributed by atoms with Gasteiger partial charge in [0.25, 0.3) is 0 Å². The first-order valence-electron chi connectivity index (χ1n) is 9.50. The minimum atomic E-state index is -0.210. The Labute approximate surface area is 151 Å². The van der Waals surface area contributed by atoms with Crippen LogP contribution in [0.25, 0.3) is 0 Å². The van der Waals surface area contributed by atoms with Crippen LogP contribution in [0, 0.1) is 5.92 Å². The zero-order valence-corrected chi connectivity index (χ0v) is 15.5. The van der Waals surface area contributed by atoms with Gasteiger partial charge in [-0.1, -0.05) is 44.2 Å². The lowest BCUT2D eigenvalue weighted by atomic mass is 9.88. The molecule has 0 aromatic heterocycles. The number of ether oxygens (including phenoxy) is 2. The van der Waals surface area contributed by atoms with Crippen molar-refractivity contribution < 1.29 is 14.3 Å². The summed E-state index contributed by atoms with van der Waals surface area (Å²) < 4.78 is 11.6. The Bertz CT molecular complexity index is 545. The van der Waals surface area contributed by atoms with E-state index in [0.717, 1.165) is 38.7 Å². The smallest absolute Gasteiger partial charge is 0.190 e. The number of hydrogen-bond acceptors (Lipinski definition) is 4. The highest BCUT2D eigenvalue weighted by atomic mass is 16.5. The molecule has 25 heavy (non-hydrogen) atoms. The molecule has 2 unspecified atom stereocenters. The van der Waals surface area contributed by atoms with Crippen molar-refractivity contribution >= 4 is 5.78 Å². The summed E-state index contributed by atoms with van der Waals surface area (Å²) in [4.78, 5) is 12.6. The molecule has 0 amide bonds. The summed E-state index contributed by atoms with van der Waals surface area (Å²) in [5.41, 5.74) is 1.26. The predicted octanol–water partition coefficient (Wildman–Crippen LogP) is 4.06. The molecule has 0 aromatic carbocycles. The van der Waals surface area contributed by atoms with Crippen molar-refractivity contribution in [1.82, 2.24) is 5.32 Å². The van der Waals surface area contributed by atoms with Gasteiger partial charge in [-0.2, -0.15) is 0 Å². The summed E-state index contributed by atoms with van der Waals surface area (Å²) >= 11 is 0. The molecular weight excluding hydrogens is 314 g/mol. The van der Waals surface area contributed by atoms with Gasteiger partial charge in [0.05, 0.1) is 12.5 Å². The Kier molecular flexibility index (Phi) is 8.53. The molecule has 1 aliphatic carbocycles. The molecular formula is C21H31NO3. The molecule has 0 aromatic rings. The Morgan fingerprint density at radius 3 is 2.92 bits per heavy atom. The van der Waals surface area contributed by atoms with Crippen LogP contribution in [0.1, 0.15) is 46.0 Å². The van der Waals surface area contributed by atoms with Crippen molar-refractivity contribution in [2.45, 2.75) is 52.1 Å². The number of hydrogen-bond donors (Lipinski definition) is 1. The van der Waals surface area contributed by atoms with Crippen LogP contribution in [0.3, 0.4) is 0 Å². The van der Waals surface area contributed by atoms with Crippen molar-refractivity contribution in [2.75, 3.05) is 19.8 Å². The van der Waals surface area contributed by atoms with E-state index in [1.54, 1.807) is 6.08 Å². The van der Waals surface area contributed by atoms with Crippen LogP contribution >= 0.6 is 0 Å². The summed E-state index contributed by atoms with van der Waals surface area (Å²) in [6.07, 6.45) is 16.9. The van der Waals surface area contributed by atoms with E-state index in [9.17, 15) is 4.79 Å². The SMILES string of the molecule is CC/C=C\C1C(=O)C=C(NCCOCCC)OC1CC1=CCCC=C1. The number of carbonyl (C=O) groups excluding carboxylic acids is 1. The average Bonchev–Trinajstić information content (AvgIpc) is 2.62. The first-order chi connectivity index (χ1) is 12.2. The molecule has 0 spiro atoms. The Morgan fingerprint density at radius 2 is 2.20 bits per heavy atom. The lowest BCUT2D eigenvalue weighted by molar-refractivity contribution is -0.122. The van der Waals surface area contributed by atoms with E-state index < -0.39 is 0 Å². The number of ketones is 1. The van der Waals surface area contributed by atoms with E-state index in [-0.39, 0.29) is 17.8 Å². The molecule has 0 saturated heterocycles. The summed E-state index contributed by atoms with van der Waals surface area (Å²) in [5.74, 6) is 0.466. The van der Waals surface area contributed by atoms with Crippen molar-refractivity contribution in [2.24, 2.45) is 5.92 Å². The maximum absolute atomic E-state index is 12.6. The van der Waals surface area contributed by atoms with Gasteiger partial charge >= 0.3 is 0 Å². The van der Waals surface area contributed by atoms with Gasteiger partial charge in [-0.05, 0) is 31.3 Å². The van der Waals surface area contributed by atoms with E-state index in [1.165, 1.54) is 5.57 Å². The monoisotopic (exact) mass is 345 g/mol. The third-order valence-corrected chi connectivity index (χ3v) is 4.26. The fourth-order valence-electron chi connectivity index (χ4n) is 2.99. The highest BCUT2D eigenvalue weighted by molar-refractivity contribution is 5.94. The summed E-state index contributed by atoms with van der Waals surface area (Å²) in [6, 6.07) is 0. The molecule has 1 N–H and O–H groups in total. The Morgan fingerprint density at radius 1 is 1.32 bits per heavy atom. The number of nitrogens with one attached hydrogen (secondary N) is 1.